The summed E-state index contributed by atoms with van der Waals surface area (Å²) in [6.07, 6.45) is 0. The van der Waals surface area contributed by atoms with Crippen LogP contribution in [0.4, 0.5) is 5.69 Å². The minimum Gasteiger partial charge on any atom is -0.369 e. The first kappa shape index (κ1) is 15.3. The van der Waals surface area contributed by atoms with E-state index in [1.165, 1.54) is 4.31 Å². The third-order valence-corrected chi connectivity index (χ3v) is 5.90. The van der Waals surface area contributed by atoms with Gasteiger partial charge < -0.3 is 4.90 Å². The Bertz CT molecular complexity index is 506. The van der Waals surface area contributed by atoms with Gasteiger partial charge in [-0.1, -0.05) is 32.0 Å². The molecule has 0 saturated carbocycles. The third kappa shape index (κ3) is 3.13. The summed E-state index contributed by atoms with van der Waals surface area (Å²) < 4.78 is 28.0. The quantitative estimate of drug-likeness (QED) is 0.825. The van der Waals surface area contributed by atoms with E-state index in [-0.39, 0.29) is 0 Å². The number of anilines is 1. The molecule has 0 spiro atoms. The maximum atomic E-state index is 12.4. The molecular weight excluding hydrogens is 274 g/mol. The third-order valence-electron chi connectivity index (χ3n) is 3.72. The molecule has 2 rings (SSSR count). The van der Waals surface area contributed by atoms with Gasteiger partial charge in [-0.15, -0.1) is 0 Å². The highest BCUT2D eigenvalue weighted by Crippen LogP contribution is 2.18. The highest BCUT2D eigenvalue weighted by molar-refractivity contribution is 7.86. The van der Waals surface area contributed by atoms with Gasteiger partial charge in [0.25, 0.3) is 10.2 Å². The molecule has 1 aromatic rings. The first-order valence-corrected chi connectivity index (χ1v) is 8.54. The summed E-state index contributed by atoms with van der Waals surface area (Å²) in [5.41, 5.74) is 1.16. The minimum atomic E-state index is -3.29. The van der Waals surface area contributed by atoms with Crippen molar-refractivity contribution in [2.24, 2.45) is 0 Å². The molecule has 1 aliphatic heterocycles. The van der Waals surface area contributed by atoms with E-state index in [9.17, 15) is 8.42 Å². The SMILES string of the molecule is CCN(CC)S(=O)(=O)N1CCN(c2ccccc2)CC1. The van der Waals surface area contributed by atoms with Crippen LogP contribution in [-0.4, -0.2) is 56.3 Å². The van der Waals surface area contributed by atoms with E-state index < -0.39 is 10.2 Å². The molecule has 0 radical (unpaired) electrons. The maximum Gasteiger partial charge on any atom is 0.282 e. The Kier molecular flexibility index (Phi) is 5.01. The van der Waals surface area contributed by atoms with Crippen LogP contribution in [0.1, 0.15) is 13.8 Å². The maximum absolute atomic E-state index is 12.4. The molecule has 0 N–H and O–H groups in total. The topological polar surface area (TPSA) is 43.9 Å². The Morgan fingerprint density at radius 3 is 2.05 bits per heavy atom. The summed E-state index contributed by atoms with van der Waals surface area (Å²) in [6, 6.07) is 10.1. The van der Waals surface area contributed by atoms with Crippen LogP contribution < -0.4 is 4.90 Å². The van der Waals surface area contributed by atoms with E-state index >= 15 is 0 Å². The van der Waals surface area contributed by atoms with Gasteiger partial charge in [-0.3, -0.25) is 0 Å². The van der Waals surface area contributed by atoms with E-state index in [1.807, 2.05) is 32.0 Å². The highest BCUT2D eigenvalue weighted by atomic mass is 32.2. The van der Waals surface area contributed by atoms with Crippen molar-refractivity contribution in [3.05, 3.63) is 30.3 Å². The first-order chi connectivity index (χ1) is 9.59. The lowest BCUT2D eigenvalue weighted by atomic mass is 10.2. The molecule has 112 valence electrons. The number of nitrogens with zero attached hydrogens (tertiary/aromatic N) is 3. The molecule has 1 aromatic carbocycles. The smallest absolute Gasteiger partial charge is 0.282 e. The Labute approximate surface area is 122 Å². The average molecular weight is 297 g/mol. The Balaban J connectivity index is 2.01. The monoisotopic (exact) mass is 297 g/mol. The standard InChI is InChI=1S/C14H23N3O2S/c1-3-16(4-2)20(18,19)17-12-10-15(11-13-17)14-8-6-5-7-9-14/h5-9H,3-4,10-13H2,1-2H3. The van der Waals surface area contributed by atoms with Crippen molar-refractivity contribution in [2.75, 3.05) is 44.2 Å². The lowest BCUT2D eigenvalue weighted by Crippen LogP contribution is -2.53. The predicted octanol–water partition coefficient (Wildman–Crippen LogP) is 1.40. The van der Waals surface area contributed by atoms with Gasteiger partial charge in [0.15, 0.2) is 0 Å². The van der Waals surface area contributed by atoms with Gasteiger partial charge in [0.05, 0.1) is 0 Å². The number of piperazine rings is 1. The fraction of sp³-hybridized carbons (Fsp3) is 0.571. The number of hydrogen-bond acceptors (Lipinski definition) is 3. The first-order valence-electron chi connectivity index (χ1n) is 7.14. The summed E-state index contributed by atoms with van der Waals surface area (Å²) in [6.45, 7) is 7.38. The molecule has 0 unspecified atom stereocenters. The summed E-state index contributed by atoms with van der Waals surface area (Å²) in [4.78, 5) is 2.23. The van der Waals surface area contributed by atoms with E-state index in [1.54, 1.807) is 4.31 Å². The number of hydrogen-bond donors (Lipinski definition) is 0. The second kappa shape index (κ2) is 6.56. The molecule has 20 heavy (non-hydrogen) atoms. The van der Waals surface area contributed by atoms with Crippen LogP contribution in [0.15, 0.2) is 30.3 Å². The van der Waals surface area contributed by atoms with E-state index in [0.29, 0.717) is 26.2 Å². The van der Waals surface area contributed by atoms with Crippen LogP contribution in [0.5, 0.6) is 0 Å². The second-order valence-electron chi connectivity index (χ2n) is 4.81. The summed E-state index contributed by atoms with van der Waals surface area (Å²) in [7, 11) is -3.29. The Hall–Kier alpha value is -1.11. The predicted molar refractivity (Wildman–Crippen MR) is 82.1 cm³/mol. The second-order valence-corrected chi connectivity index (χ2v) is 6.74. The van der Waals surface area contributed by atoms with Crippen molar-refractivity contribution in [3.63, 3.8) is 0 Å². The largest absolute Gasteiger partial charge is 0.369 e. The van der Waals surface area contributed by atoms with E-state index in [0.717, 1.165) is 18.8 Å². The molecule has 0 bridgehead atoms. The molecule has 1 fully saturated rings. The molecule has 0 aliphatic carbocycles. The molecule has 6 heteroatoms. The number of benzene rings is 1. The molecule has 0 amide bonds. The summed E-state index contributed by atoms with van der Waals surface area (Å²) >= 11 is 0. The van der Waals surface area contributed by atoms with E-state index in [4.69, 9.17) is 0 Å². The zero-order valence-electron chi connectivity index (χ0n) is 12.2. The number of rotatable bonds is 5. The van der Waals surface area contributed by atoms with Gasteiger partial charge in [-0.2, -0.15) is 17.0 Å². The van der Waals surface area contributed by atoms with Gasteiger partial charge in [-0.05, 0) is 12.1 Å². The average Bonchev–Trinajstić information content (AvgIpc) is 2.49. The van der Waals surface area contributed by atoms with Crippen LogP contribution in [0.2, 0.25) is 0 Å². The van der Waals surface area contributed by atoms with E-state index in [2.05, 4.69) is 17.0 Å². The van der Waals surface area contributed by atoms with Crippen LogP contribution in [0, 0.1) is 0 Å². The van der Waals surface area contributed by atoms with Gasteiger partial charge in [0, 0.05) is 45.0 Å². The van der Waals surface area contributed by atoms with Gasteiger partial charge in [0.1, 0.15) is 0 Å². The van der Waals surface area contributed by atoms with Crippen molar-refractivity contribution in [2.45, 2.75) is 13.8 Å². The van der Waals surface area contributed by atoms with Crippen LogP contribution in [-0.2, 0) is 10.2 Å². The van der Waals surface area contributed by atoms with Gasteiger partial charge in [-0.25, -0.2) is 0 Å². The van der Waals surface area contributed by atoms with Crippen LogP contribution in [0.3, 0.4) is 0 Å². The van der Waals surface area contributed by atoms with Crippen molar-refractivity contribution >= 4 is 15.9 Å². The highest BCUT2D eigenvalue weighted by Gasteiger charge is 2.30. The lowest BCUT2D eigenvalue weighted by molar-refractivity contribution is 0.334. The van der Waals surface area contributed by atoms with Crippen LogP contribution >= 0.6 is 0 Å². The van der Waals surface area contributed by atoms with Crippen molar-refractivity contribution in [3.8, 4) is 0 Å². The zero-order chi connectivity index (χ0) is 14.6. The summed E-state index contributed by atoms with van der Waals surface area (Å²) in [5, 5.41) is 0. The minimum absolute atomic E-state index is 0.526. The lowest BCUT2D eigenvalue weighted by Gasteiger charge is -2.37. The normalized spacial score (nSPS) is 17.6. The number of para-hydroxylation sites is 1. The van der Waals surface area contributed by atoms with Gasteiger partial charge >= 0.3 is 0 Å². The Morgan fingerprint density at radius 2 is 1.55 bits per heavy atom. The molecule has 1 saturated heterocycles. The van der Waals surface area contributed by atoms with Crippen molar-refractivity contribution in [1.82, 2.24) is 8.61 Å². The zero-order valence-corrected chi connectivity index (χ0v) is 13.0. The van der Waals surface area contributed by atoms with Gasteiger partial charge in [0.2, 0.25) is 0 Å². The van der Waals surface area contributed by atoms with Crippen molar-refractivity contribution < 1.29 is 8.42 Å². The molecule has 1 heterocycles. The molecular formula is C14H23N3O2S. The fourth-order valence-electron chi connectivity index (χ4n) is 2.53. The molecule has 0 atom stereocenters. The summed E-state index contributed by atoms with van der Waals surface area (Å²) in [5.74, 6) is 0. The van der Waals surface area contributed by atoms with Crippen molar-refractivity contribution in [1.29, 1.82) is 0 Å². The van der Waals surface area contributed by atoms with Crippen LogP contribution in [0.25, 0.3) is 0 Å². The molecule has 1 aliphatic rings. The molecule has 5 nitrogen and oxygen atoms in total. The Morgan fingerprint density at radius 1 is 1.00 bits per heavy atom. The molecule has 0 aromatic heterocycles. The fourth-order valence-corrected chi connectivity index (χ4v) is 4.13.